The molecule has 0 unspecified atom stereocenters. The van der Waals surface area contributed by atoms with Crippen LogP contribution in [0.25, 0.3) is 0 Å². The van der Waals surface area contributed by atoms with Gasteiger partial charge in [0.15, 0.2) is 0 Å². The van der Waals surface area contributed by atoms with Crippen LogP contribution in [0.5, 0.6) is 0 Å². The summed E-state index contributed by atoms with van der Waals surface area (Å²) in [5, 5.41) is 8.31. The molecule has 1 N–H and O–H groups in total. The summed E-state index contributed by atoms with van der Waals surface area (Å²) in [5.74, 6) is -0.751. The molecule has 0 saturated heterocycles. The maximum Gasteiger partial charge on any atom is 0.307 e. The Hall–Kier alpha value is -0.790. The SMILES string of the molecule is CCC(=CCC(=O)O)CC. The van der Waals surface area contributed by atoms with E-state index in [1.165, 1.54) is 5.57 Å². The first-order valence-corrected chi connectivity index (χ1v) is 3.60. The van der Waals surface area contributed by atoms with Crippen molar-refractivity contribution in [1.82, 2.24) is 0 Å². The van der Waals surface area contributed by atoms with Gasteiger partial charge in [0.1, 0.15) is 0 Å². The number of carboxylic acids is 1. The van der Waals surface area contributed by atoms with Crippen LogP contribution in [0.4, 0.5) is 0 Å². The molecule has 0 aromatic carbocycles. The van der Waals surface area contributed by atoms with E-state index in [1.807, 2.05) is 13.8 Å². The van der Waals surface area contributed by atoms with Crippen LogP contribution in [-0.4, -0.2) is 11.1 Å². The van der Waals surface area contributed by atoms with Crippen LogP contribution in [0, 0.1) is 0 Å². The molecule has 0 aliphatic rings. The molecule has 0 rings (SSSR count). The third-order valence-corrected chi connectivity index (χ3v) is 1.47. The Bertz CT molecular complexity index is 130. The lowest BCUT2D eigenvalue weighted by Crippen LogP contribution is -1.91. The number of allylic oxidation sites excluding steroid dienone is 1. The highest BCUT2D eigenvalue weighted by Gasteiger charge is 1.93. The lowest BCUT2D eigenvalue weighted by Gasteiger charge is -1.96. The van der Waals surface area contributed by atoms with Crippen LogP contribution in [0.3, 0.4) is 0 Å². The van der Waals surface area contributed by atoms with Crippen molar-refractivity contribution < 1.29 is 9.90 Å². The van der Waals surface area contributed by atoms with Gasteiger partial charge in [-0.1, -0.05) is 25.5 Å². The highest BCUT2D eigenvalue weighted by Crippen LogP contribution is 2.05. The smallest absolute Gasteiger partial charge is 0.307 e. The number of hydrogen-bond acceptors (Lipinski definition) is 1. The topological polar surface area (TPSA) is 37.3 Å². The van der Waals surface area contributed by atoms with Crippen LogP contribution in [0.15, 0.2) is 11.6 Å². The molecule has 0 spiro atoms. The summed E-state index contributed by atoms with van der Waals surface area (Å²) in [6.45, 7) is 4.08. The summed E-state index contributed by atoms with van der Waals surface area (Å²) in [6.07, 6.45) is 3.88. The molecule has 0 saturated carbocycles. The van der Waals surface area contributed by atoms with E-state index in [4.69, 9.17) is 5.11 Å². The molecule has 10 heavy (non-hydrogen) atoms. The summed E-state index contributed by atoms with van der Waals surface area (Å²) in [7, 11) is 0. The molecule has 0 atom stereocenters. The van der Waals surface area contributed by atoms with Gasteiger partial charge >= 0.3 is 5.97 Å². The third-order valence-electron chi connectivity index (χ3n) is 1.47. The summed E-state index contributed by atoms with van der Waals surface area (Å²) >= 11 is 0. The van der Waals surface area contributed by atoms with Gasteiger partial charge in [-0.05, 0) is 12.8 Å². The Morgan fingerprint density at radius 3 is 2.20 bits per heavy atom. The van der Waals surface area contributed by atoms with Crippen LogP contribution in [0.2, 0.25) is 0 Å². The molecular weight excluding hydrogens is 128 g/mol. The predicted molar refractivity (Wildman–Crippen MR) is 40.9 cm³/mol. The largest absolute Gasteiger partial charge is 0.481 e. The second-order valence-electron chi connectivity index (χ2n) is 2.17. The average molecular weight is 142 g/mol. The van der Waals surface area contributed by atoms with Crippen LogP contribution < -0.4 is 0 Å². The summed E-state index contributed by atoms with van der Waals surface area (Å²) < 4.78 is 0. The van der Waals surface area contributed by atoms with Crippen molar-refractivity contribution in [3.63, 3.8) is 0 Å². The fourth-order valence-electron chi connectivity index (χ4n) is 0.770. The van der Waals surface area contributed by atoms with Crippen LogP contribution in [0.1, 0.15) is 33.1 Å². The van der Waals surface area contributed by atoms with Gasteiger partial charge in [-0.2, -0.15) is 0 Å². The number of aliphatic carboxylic acids is 1. The number of hydrogen-bond donors (Lipinski definition) is 1. The maximum absolute atomic E-state index is 10.1. The van der Waals surface area contributed by atoms with Crippen molar-refractivity contribution >= 4 is 5.97 Å². The highest BCUT2D eigenvalue weighted by molar-refractivity contribution is 5.68. The molecule has 0 aliphatic carbocycles. The number of carboxylic acid groups (broad SMARTS) is 1. The Labute approximate surface area is 61.6 Å². The molecule has 0 aromatic rings. The molecule has 0 fully saturated rings. The van der Waals surface area contributed by atoms with Crippen molar-refractivity contribution in [2.24, 2.45) is 0 Å². The zero-order valence-corrected chi connectivity index (χ0v) is 6.55. The normalized spacial score (nSPS) is 9.00. The minimum atomic E-state index is -0.751. The van der Waals surface area contributed by atoms with Crippen LogP contribution >= 0.6 is 0 Å². The van der Waals surface area contributed by atoms with E-state index in [0.29, 0.717) is 0 Å². The van der Waals surface area contributed by atoms with Gasteiger partial charge in [0.25, 0.3) is 0 Å². The minimum Gasteiger partial charge on any atom is -0.481 e. The van der Waals surface area contributed by atoms with E-state index in [-0.39, 0.29) is 6.42 Å². The highest BCUT2D eigenvalue weighted by atomic mass is 16.4. The first kappa shape index (κ1) is 9.21. The van der Waals surface area contributed by atoms with E-state index in [9.17, 15) is 4.79 Å². The van der Waals surface area contributed by atoms with E-state index in [1.54, 1.807) is 6.08 Å². The van der Waals surface area contributed by atoms with Crippen LogP contribution in [-0.2, 0) is 4.79 Å². The Morgan fingerprint density at radius 1 is 1.40 bits per heavy atom. The lowest BCUT2D eigenvalue weighted by atomic mass is 10.1. The Balaban J connectivity index is 3.74. The molecule has 0 amide bonds. The number of carbonyl (C=O) groups is 1. The maximum atomic E-state index is 10.1. The molecule has 2 heteroatoms. The standard InChI is InChI=1S/C8H14O2/c1-3-7(4-2)5-6-8(9)10/h5H,3-4,6H2,1-2H3,(H,9,10). The second-order valence-corrected chi connectivity index (χ2v) is 2.17. The fourth-order valence-corrected chi connectivity index (χ4v) is 0.770. The van der Waals surface area contributed by atoms with Crippen molar-refractivity contribution in [3.8, 4) is 0 Å². The summed E-state index contributed by atoms with van der Waals surface area (Å²) in [4.78, 5) is 10.1. The van der Waals surface area contributed by atoms with E-state index in [0.717, 1.165) is 12.8 Å². The van der Waals surface area contributed by atoms with E-state index < -0.39 is 5.97 Å². The Kier molecular flexibility index (Phi) is 4.63. The van der Waals surface area contributed by atoms with Gasteiger partial charge in [0.2, 0.25) is 0 Å². The van der Waals surface area contributed by atoms with Crippen molar-refractivity contribution in [2.75, 3.05) is 0 Å². The van der Waals surface area contributed by atoms with Gasteiger partial charge in [-0.3, -0.25) is 4.79 Å². The summed E-state index contributed by atoms with van der Waals surface area (Å²) in [6, 6.07) is 0. The quantitative estimate of drug-likeness (QED) is 0.611. The van der Waals surface area contributed by atoms with E-state index >= 15 is 0 Å². The fraction of sp³-hybridized carbons (Fsp3) is 0.625. The summed E-state index contributed by atoms with van der Waals surface area (Å²) in [5.41, 5.74) is 1.22. The molecule has 0 radical (unpaired) electrons. The van der Waals surface area contributed by atoms with Gasteiger partial charge < -0.3 is 5.11 Å². The monoisotopic (exact) mass is 142 g/mol. The van der Waals surface area contributed by atoms with Gasteiger partial charge in [-0.15, -0.1) is 0 Å². The van der Waals surface area contributed by atoms with Gasteiger partial charge in [0.05, 0.1) is 6.42 Å². The first-order valence-electron chi connectivity index (χ1n) is 3.60. The lowest BCUT2D eigenvalue weighted by molar-refractivity contribution is -0.136. The molecule has 2 nitrogen and oxygen atoms in total. The van der Waals surface area contributed by atoms with Gasteiger partial charge in [-0.25, -0.2) is 0 Å². The zero-order valence-electron chi connectivity index (χ0n) is 6.55. The zero-order chi connectivity index (χ0) is 7.98. The Morgan fingerprint density at radius 2 is 1.90 bits per heavy atom. The van der Waals surface area contributed by atoms with E-state index in [2.05, 4.69) is 0 Å². The molecule has 0 aliphatic heterocycles. The average Bonchev–Trinajstić information content (AvgIpc) is 1.90. The molecule has 58 valence electrons. The van der Waals surface area contributed by atoms with Gasteiger partial charge in [0, 0.05) is 0 Å². The van der Waals surface area contributed by atoms with Crippen molar-refractivity contribution in [3.05, 3.63) is 11.6 Å². The third kappa shape index (κ3) is 4.13. The van der Waals surface area contributed by atoms with Crippen molar-refractivity contribution in [1.29, 1.82) is 0 Å². The predicted octanol–water partition coefficient (Wildman–Crippen LogP) is 2.21. The molecular formula is C8H14O2. The minimum absolute atomic E-state index is 0.164. The molecule has 0 bridgehead atoms. The second kappa shape index (κ2) is 5.03. The first-order chi connectivity index (χ1) is 4.70. The number of rotatable bonds is 4. The molecule has 0 aromatic heterocycles. The van der Waals surface area contributed by atoms with Crippen molar-refractivity contribution in [2.45, 2.75) is 33.1 Å². The molecule has 0 heterocycles.